The molecule has 0 aliphatic heterocycles. The van der Waals surface area contributed by atoms with Crippen molar-refractivity contribution in [3.05, 3.63) is 58.6 Å². The topological polar surface area (TPSA) is 23.5 Å². The summed E-state index contributed by atoms with van der Waals surface area (Å²) in [7, 11) is 0. The van der Waals surface area contributed by atoms with Crippen LogP contribution in [-0.2, 0) is 0 Å². The number of hydrogen-bond donors (Lipinski definition) is 1. The minimum Gasteiger partial charge on any atom is -0.389 e. The van der Waals surface area contributed by atoms with E-state index in [1.54, 1.807) is 6.92 Å². The highest BCUT2D eigenvalue weighted by atomic mass is 35.5. The Morgan fingerprint density at radius 2 is 1.95 bits per heavy atom. The second-order valence-corrected chi connectivity index (χ2v) is 5.38. The van der Waals surface area contributed by atoms with Gasteiger partial charge in [-0.15, -0.1) is 0 Å². The Labute approximate surface area is 125 Å². The minimum absolute atomic E-state index is 0.504. The number of nitrogens with zero attached hydrogens (tertiary/aromatic N) is 1. The molecule has 0 saturated carbocycles. The Hall–Kier alpha value is -1.51. The average Bonchev–Trinajstić information content (AvgIpc) is 2.41. The maximum absolute atomic E-state index is 9.62. The Morgan fingerprint density at radius 1 is 1.20 bits per heavy atom. The van der Waals surface area contributed by atoms with Crippen molar-refractivity contribution in [2.45, 2.75) is 26.9 Å². The first kappa shape index (κ1) is 14.9. The molecule has 0 aliphatic rings. The molecule has 0 spiro atoms. The molecule has 0 saturated heterocycles. The smallest absolute Gasteiger partial charge is 0.0762 e. The number of aliphatic hydroxyl groups excluding tert-OH is 1. The van der Waals surface area contributed by atoms with Crippen LogP contribution in [0.5, 0.6) is 0 Å². The van der Waals surface area contributed by atoms with Crippen LogP contribution in [-0.4, -0.2) is 11.7 Å². The summed E-state index contributed by atoms with van der Waals surface area (Å²) in [5.74, 6) is 0. The number of halogens is 1. The number of hydrogen-bond acceptors (Lipinski definition) is 2. The van der Waals surface area contributed by atoms with Gasteiger partial charge in [-0.3, -0.25) is 0 Å². The van der Waals surface area contributed by atoms with E-state index in [-0.39, 0.29) is 0 Å². The number of benzene rings is 2. The van der Waals surface area contributed by atoms with E-state index < -0.39 is 6.10 Å². The van der Waals surface area contributed by atoms with Gasteiger partial charge in [0.15, 0.2) is 0 Å². The highest BCUT2D eigenvalue weighted by molar-refractivity contribution is 6.33. The Morgan fingerprint density at radius 3 is 2.50 bits per heavy atom. The Kier molecular flexibility index (Phi) is 4.69. The maximum atomic E-state index is 9.62. The van der Waals surface area contributed by atoms with Gasteiger partial charge in [-0.25, -0.2) is 0 Å². The first-order valence-electron chi connectivity index (χ1n) is 6.84. The molecule has 0 aromatic heterocycles. The van der Waals surface area contributed by atoms with Gasteiger partial charge in [0, 0.05) is 12.2 Å². The van der Waals surface area contributed by atoms with Crippen molar-refractivity contribution in [1.82, 2.24) is 0 Å². The van der Waals surface area contributed by atoms with E-state index in [0.29, 0.717) is 5.02 Å². The van der Waals surface area contributed by atoms with Crippen LogP contribution in [0, 0.1) is 6.92 Å². The van der Waals surface area contributed by atoms with Gasteiger partial charge in [0.2, 0.25) is 0 Å². The van der Waals surface area contributed by atoms with Crippen molar-refractivity contribution in [2.24, 2.45) is 0 Å². The predicted octanol–water partition coefficient (Wildman–Crippen LogP) is 4.86. The van der Waals surface area contributed by atoms with Crippen LogP contribution in [0.1, 0.15) is 31.1 Å². The molecule has 2 aromatic rings. The number of aliphatic hydroxyl groups is 1. The summed E-state index contributed by atoms with van der Waals surface area (Å²) in [6.45, 7) is 6.75. The Balaban J connectivity index is 2.42. The van der Waals surface area contributed by atoms with Gasteiger partial charge in [-0.05, 0) is 56.2 Å². The zero-order valence-electron chi connectivity index (χ0n) is 12.1. The average molecular weight is 290 g/mol. The van der Waals surface area contributed by atoms with Crippen molar-refractivity contribution in [3.8, 4) is 0 Å². The van der Waals surface area contributed by atoms with Crippen molar-refractivity contribution in [2.75, 3.05) is 11.4 Å². The summed E-state index contributed by atoms with van der Waals surface area (Å²) in [5.41, 5.74) is 4.14. The second kappa shape index (κ2) is 6.29. The molecule has 0 aliphatic carbocycles. The van der Waals surface area contributed by atoms with Gasteiger partial charge in [0.1, 0.15) is 0 Å². The lowest BCUT2D eigenvalue weighted by atomic mass is 10.1. The van der Waals surface area contributed by atoms with Gasteiger partial charge in [0.05, 0.1) is 16.8 Å². The van der Waals surface area contributed by atoms with Crippen LogP contribution >= 0.6 is 11.6 Å². The van der Waals surface area contributed by atoms with Crippen molar-refractivity contribution in [1.29, 1.82) is 0 Å². The highest BCUT2D eigenvalue weighted by Gasteiger charge is 2.12. The summed E-state index contributed by atoms with van der Waals surface area (Å²) in [4.78, 5) is 2.17. The zero-order valence-corrected chi connectivity index (χ0v) is 12.9. The van der Waals surface area contributed by atoms with Crippen molar-refractivity contribution >= 4 is 23.0 Å². The highest BCUT2D eigenvalue weighted by Crippen LogP contribution is 2.33. The molecule has 0 bridgehead atoms. The number of anilines is 2. The van der Waals surface area contributed by atoms with Gasteiger partial charge in [-0.1, -0.05) is 29.8 Å². The molecule has 1 atom stereocenters. The van der Waals surface area contributed by atoms with E-state index in [1.807, 2.05) is 24.3 Å². The number of aryl methyl sites for hydroxylation is 1. The molecule has 0 unspecified atom stereocenters. The fraction of sp³-hybridized carbons (Fsp3) is 0.294. The lowest BCUT2D eigenvalue weighted by molar-refractivity contribution is 0.199. The molecule has 0 amide bonds. The molecular formula is C17H20ClNO. The molecule has 0 radical (unpaired) electrons. The molecular weight excluding hydrogens is 270 g/mol. The van der Waals surface area contributed by atoms with Crippen LogP contribution in [0.25, 0.3) is 0 Å². The first-order chi connectivity index (χ1) is 9.52. The third-order valence-corrected chi connectivity index (χ3v) is 3.68. The standard InChI is InChI=1S/C17H20ClNO/c1-4-19(15-7-5-6-12(2)10-15)17-9-8-14(13(3)20)11-16(17)18/h5-11,13,20H,4H2,1-3H3/t13-/m0/s1. The van der Waals surface area contributed by atoms with Gasteiger partial charge in [-0.2, -0.15) is 0 Å². The summed E-state index contributed by atoms with van der Waals surface area (Å²) in [5, 5.41) is 10.3. The molecule has 106 valence electrons. The van der Waals surface area contributed by atoms with E-state index in [2.05, 4.69) is 36.9 Å². The zero-order chi connectivity index (χ0) is 14.7. The quantitative estimate of drug-likeness (QED) is 0.869. The van der Waals surface area contributed by atoms with Crippen LogP contribution in [0.3, 0.4) is 0 Å². The molecule has 1 N–H and O–H groups in total. The van der Waals surface area contributed by atoms with Crippen LogP contribution in [0.15, 0.2) is 42.5 Å². The van der Waals surface area contributed by atoms with Crippen LogP contribution in [0.4, 0.5) is 11.4 Å². The molecule has 20 heavy (non-hydrogen) atoms. The van der Waals surface area contributed by atoms with Crippen molar-refractivity contribution < 1.29 is 5.11 Å². The SMILES string of the molecule is CCN(c1cccc(C)c1)c1ccc([C@H](C)O)cc1Cl. The molecule has 0 fully saturated rings. The largest absolute Gasteiger partial charge is 0.389 e. The fourth-order valence-electron chi connectivity index (χ4n) is 2.29. The van der Waals surface area contributed by atoms with Gasteiger partial charge >= 0.3 is 0 Å². The lowest BCUT2D eigenvalue weighted by Gasteiger charge is -2.25. The van der Waals surface area contributed by atoms with Crippen LogP contribution < -0.4 is 4.90 Å². The molecule has 3 heteroatoms. The monoisotopic (exact) mass is 289 g/mol. The van der Waals surface area contributed by atoms with E-state index in [4.69, 9.17) is 11.6 Å². The van der Waals surface area contributed by atoms with Crippen molar-refractivity contribution in [3.63, 3.8) is 0 Å². The van der Waals surface area contributed by atoms with E-state index in [9.17, 15) is 5.11 Å². The summed E-state index contributed by atoms with van der Waals surface area (Å²) in [6.07, 6.45) is -0.504. The fourth-order valence-corrected chi connectivity index (χ4v) is 2.58. The number of rotatable bonds is 4. The molecule has 2 rings (SSSR count). The third-order valence-electron chi connectivity index (χ3n) is 3.37. The molecule has 2 nitrogen and oxygen atoms in total. The maximum Gasteiger partial charge on any atom is 0.0762 e. The summed E-state index contributed by atoms with van der Waals surface area (Å²) in [6, 6.07) is 14.1. The second-order valence-electron chi connectivity index (χ2n) is 4.97. The van der Waals surface area contributed by atoms with Crippen LogP contribution in [0.2, 0.25) is 5.02 Å². The third kappa shape index (κ3) is 3.14. The van der Waals surface area contributed by atoms with Gasteiger partial charge in [0.25, 0.3) is 0 Å². The van der Waals surface area contributed by atoms with Gasteiger partial charge < -0.3 is 10.0 Å². The lowest BCUT2D eigenvalue weighted by Crippen LogP contribution is -2.16. The Bertz CT molecular complexity index is 595. The van der Waals surface area contributed by atoms with E-state index in [1.165, 1.54) is 5.56 Å². The normalized spacial score (nSPS) is 12.2. The summed E-state index contributed by atoms with van der Waals surface area (Å²) < 4.78 is 0. The summed E-state index contributed by atoms with van der Waals surface area (Å²) >= 11 is 6.38. The molecule has 0 heterocycles. The minimum atomic E-state index is -0.504. The van der Waals surface area contributed by atoms with E-state index in [0.717, 1.165) is 23.5 Å². The van der Waals surface area contributed by atoms with E-state index >= 15 is 0 Å². The predicted molar refractivity (Wildman–Crippen MR) is 85.9 cm³/mol. The molecule has 2 aromatic carbocycles. The first-order valence-corrected chi connectivity index (χ1v) is 7.22.